The zero-order valence-corrected chi connectivity index (χ0v) is 34.0. The second-order valence-electron chi connectivity index (χ2n) is 16.9. The molecule has 0 saturated carbocycles. The second kappa shape index (κ2) is 14.3. The molecule has 4 heterocycles. The van der Waals surface area contributed by atoms with E-state index in [1.54, 1.807) is 4.90 Å². The van der Waals surface area contributed by atoms with Crippen LogP contribution in [0.25, 0.3) is 10.2 Å². The molecule has 1 fully saturated rings. The van der Waals surface area contributed by atoms with E-state index in [4.69, 9.17) is 28.8 Å². The number of hydrogen-bond acceptors (Lipinski definition) is 10. The fourth-order valence-electron chi connectivity index (χ4n) is 6.12. The van der Waals surface area contributed by atoms with E-state index >= 15 is 0 Å². The molecule has 1 amide bonds. The Balaban J connectivity index is 1.32. The minimum Gasteiger partial charge on any atom is -0.455 e. The van der Waals surface area contributed by atoms with E-state index in [2.05, 4.69) is 30.6 Å². The lowest BCUT2D eigenvalue weighted by Crippen LogP contribution is -2.41. The summed E-state index contributed by atoms with van der Waals surface area (Å²) in [6.07, 6.45) is 0.701. The van der Waals surface area contributed by atoms with E-state index < -0.39 is 38.0 Å². The highest BCUT2D eigenvalue weighted by molar-refractivity contribution is 7.22. The smallest absolute Gasteiger partial charge is 0.455 e. The number of amides is 1. The molecule has 0 atom stereocenters. The molecule has 10 nitrogen and oxygen atoms in total. The average Bonchev–Trinajstić information content (AvgIpc) is 3.58. The zero-order chi connectivity index (χ0) is 37.6. The van der Waals surface area contributed by atoms with Gasteiger partial charge in [0.1, 0.15) is 18.1 Å². The molecule has 0 unspecified atom stereocenters. The zero-order valence-electron chi connectivity index (χ0n) is 32.2. The number of pyridine rings is 1. The van der Waals surface area contributed by atoms with Gasteiger partial charge in [-0.2, -0.15) is 0 Å². The van der Waals surface area contributed by atoms with Crippen LogP contribution in [-0.2, 0) is 31.7 Å². The van der Waals surface area contributed by atoms with E-state index in [0.29, 0.717) is 48.1 Å². The van der Waals surface area contributed by atoms with Crippen LogP contribution >= 0.6 is 11.3 Å². The molecule has 0 spiro atoms. The molecular formula is C39H51BN4O6SSi. The van der Waals surface area contributed by atoms with Gasteiger partial charge in [-0.3, -0.25) is 9.69 Å². The van der Waals surface area contributed by atoms with Crippen LogP contribution in [0.3, 0.4) is 0 Å². The fraction of sp³-hybridized carbons (Fsp3) is 0.487. The van der Waals surface area contributed by atoms with E-state index in [1.165, 1.54) is 11.3 Å². The number of rotatable bonds is 10. The number of para-hydroxylation sites is 1. The predicted molar refractivity (Wildman–Crippen MR) is 212 cm³/mol. The van der Waals surface area contributed by atoms with Crippen LogP contribution in [0.5, 0.6) is 0 Å². The van der Waals surface area contributed by atoms with Gasteiger partial charge >= 0.3 is 13.1 Å². The third kappa shape index (κ3) is 8.28. The Labute approximate surface area is 313 Å². The number of anilines is 2. The number of fused-ring (bicyclic) bond motifs is 2. The van der Waals surface area contributed by atoms with E-state index in [0.717, 1.165) is 27.4 Å². The Morgan fingerprint density at radius 2 is 1.69 bits per heavy atom. The fourth-order valence-corrected chi connectivity index (χ4v) is 7.83. The van der Waals surface area contributed by atoms with Gasteiger partial charge in [0.2, 0.25) is 0 Å². The van der Waals surface area contributed by atoms with Crippen molar-refractivity contribution in [2.45, 2.75) is 104 Å². The third-order valence-corrected chi connectivity index (χ3v) is 12.6. The molecule has 2 aliphatic rings. The predicted octanol–water partition coefficient (Wildman–Crippen LogP) is 7.47. The first kappa shape index (κ1) is 38.1. The van der Waals surface area contributed by atoms with Gasteiger partial charge in [-0.15, -0.1) is 0 Å². The lowest BCUT2D eigenvalue weighted by molar-refractivity contribution is 0.00578. The van der Waals surface area contributed by atoms with Crippen molar-refractivity contribution in [3.05, 3.63) is 77.0 Å². The molecule has 6 rings (SSSR count). The van der Waals surface area contributed by atoms with Gasteiger partial charge in [-0.1, -0.05) is 61.3 Å². The Morgan fingerprint density at radius 1 is 0.981 bits per heavy atom. The molecule has 0 radical (unpaired) electrons. The molecule has 276 valence electrons. The normalized spacial score (nSPS) is 17.0. The van der Waals surface area contributed by atoms with Gasteiger partial charge in [0.15, 0.2) is 10.8 Å². The summed E-state index contributed by atoms with van der Waals surface area (Å²) < 4.78 is 25.7. The van der Waals surface area contributed by atoms with Gasteiger partial charge in [0, 0.05) is 38.8 Å². The number of benzene rings is 2. The molecule has 52 heavy (non-hydrogen) atoms. The first-order valence-corrected chi connectivity index (χ1v) is 22.6. The lowest BCUT2D eigenvalue weighted by Gasteiger charge is -2.32. The molecule has 1 saturated heterocycles. The summed E-state index contributed by atoms with van der Waals surface area (Å²) in [6.45, 7) is 22.1. The van der Waals surface area contributed by atoms with E-state index in [9.17, 15) is 9.59 Å². The van der Waals surface area contributed by atoms with Crippen LogP contribution in [0, 0.1) is 0 Å². The van der Waals surface area contributed by atoms with Crippen molar-refractivity contribution in [3.63, 3.8) is 0 Å². The number of ether oxygens (including phenoxy) is 2. The molecule has 4 aromatic rings. The van der Waals surface area contributed by atoms with Crippen LogP contribution in [-0.4, -0.2) is 73.7 Å². The maximum absolute atomic E-state index is 14.6. The monoisotopic (exact) mass is 742 g/mol. The van der Waals surface area contributed by atoms with E-state index in [-0.39, 0.29) is 18.3 Å². The van der Waals surface area contributed by atoms with Crippen LogP contribution in [0.4, 0.5) is 10.9 Å². The molecule has 0 aliphatic carbocycles. The molecule has 2 aromatic heterocycles. The summed E-state index contributed by atoms with van der Waals surface area (Å²) in [5.41, 5.74) is 2.21. The largest absolute Gasteiger partial charge is 0.497 e. The van der Waals surface area contributed by atoms with Crippen molar-refractivity contribution < 1.29 is 28.4 Å². The summed E-state index contributed by atoms with van der Waals surface area (Å²) in [5, 5.41) is 0.603. The topological polar surface area (TPSA) is 103 Å². The Kier molecular flexibility index (Phi) is 10.5. The average molecular weight is 743 g/mol. The number of carbonyl (C=O) groups is 2. The molecule has 13 heteroatoms. The molecular weight excluding hydrogens is 691 g/mol. The van der Waals surface area contributed by atoms with Gasteiger partial charge in [0.25, 0.3) is 5.91 Å². The Morgan fingerprint density at radius 3 is 2.37 bits per heavy atom. The van der Waals surface area contributed by atoms with Crippen molar-refractivity contribution in [1.29, 1.82) is 0 Å². The van der Waals surface area contributed by atoms with Crippen LogP contribution < -0.4 is 15.3 Å². The minimum atomic E-state index is -1.33. The molecule has 2 aromatic carbocycles. The molecule has 0 N–H and O–H groups in total. The molecule has 0 bridgehead atoms. The maximum atomic E-state index is 14.6. The number of aromatic nitrogens is 2. The van der Waals surface area contributed by atoms with Gasteiger partial charge in [0.05, 0.1) is 21.4 Å². The van der Waals surface area contributed by atoms with Gasteiger partial charge in [-0.25, -0.2) is 14.8 Å². The summed E-state index contributed by atoms with van der Waals surface area (Å²) in [7, 11) is -2.12. The van der Waals surface area contributed by atoms with Crippen molar-refractivity contribution >= 4 is 65.0 Å². The quantitative estimate of drug-likeness (QED) is 0.0709. The number of nitrogens with zero attached hydrogens (tertiary/aromatic N) is 4. The summed E-state index contributed by atoms with van der Waals surface area (Å²) in [4.78, 5) is 41.8. The van der Waals surface area contributed by atoms with Crippen molar-refractivity contribution in [2.24, 2.45) is 0 Å². The summed E-state index contributed by atoms with van der Waals surface area (Å²) in [5.74, 6) is -0.107. The van der Waals surface area contributed by atoms with Crippen LogP contribution in [0.15, 0.2) is 54.6 Å². The number of esters is 1. The van der Waals surface area contributed by atoms with Crippen molar-refractivity contribution in [2.75, 3.05) is 29.7 Å². The van der Waals surface area contributed by atoms with E-state index in [1.807, 2.05) is 97.0 Å². The summed E-state index contributed by atoms with van der Waals surface area (Å²) >= 11 is 1.48. The highest BCUT2D eigenvalue weighted by atomic mass is 32.1. The second-order valence-corrected chi connectivity index (χ2v) is 23.5. The highest BCUT2D eigenvalue weighted by Gasteiger charge is 2.53. The van der Waals surface area contributed by atoms with Crippen LogP contribution in [0.1, 0.15) is 80.4 Å². The SMILES string of the molecule is CC(C)(C)OC(=O)c1nc(N2CCc3cccc(C(=O)N(COCC[Si](C)(C)C)c4nc5ccccc5s4)c3C2)ccc1B1OC(C)(C)C(C)(C)O1. The maximum Gasteiger partial charge on any atom is 0.497 e. The summed E-state index contributed by atoms with van der Waals surface area (Å²) in [6, 6.07) is 18.6. The Bertz CT molecular complexity index is 1920. The van der Waals surface area contributed by atoms with Crippen molar-refractivity contribution in [3.8, 4) is 0 Å². The number of carbonyl (C=O) groups excluding carboxylic acids is 2. The number of hydrogen-bond donors (Lipinski definition) is 0. The third-order valence-electron chi connectivity index (χ3n) is 9.81. The minimum absolute atomic E-state index is 0.109. The first-order valence-electron chi connectivity index (χ1n) is 18.0. The first-order chi connectivity index (χ1) is 24.3. The highest BCUT2D eigenvalue weighted by Crippen LogP contribution is 2.37. The van der Waals surface area contributed by atoms with Gasteiger partial charge < -0.3 is 23.7 Å². The standard InChI is InChI=1S/C39H51BN4O6SSi/c1-37(2,3)48-35(46)33-29(40-49-38(4,5)39(6,7)50-40)18-19-32(42-33)43-21-20-26-14-13-15-27(28(26)24-43)34(45)44(25-47-22-23-52(8,9)10)36-41-30-16-11-12-17-31(30)51-36/h11-19H,20-25H2,1-10H3. The van der Waals surface area contributed by atoms with Gasteiger partial charge in [-0.05, 0) is 96.3 Å². The Hall–Kier alpha value is -3.62. The molecule has 2 aliphatic heterocycles. The van der Waals surface area contributed by atoms with Crippen LogP contribution in [0.2, 0.25) is 25.7 Å². The van der Waals surface area contributed by atoms with Crippen molar-refractivity contribution in [1.82, 2.24) is 9.97 Å². The number of thiazole rings is 1. The lowest BCUT2D eigenvalue weighted by atomic mass is 9.77.